The zero-order chi connectivity index (χ0) is 16.9. The van der Waals surface area contributed by atoms with Crippen molar-refractivity contribution in [2.75, 3.05) is 27.4 Å². The second-order valence-corrected chi connectivity index (χ2v) is 5.20. The summed E-state index contributed by atoms with van der Waals surface area (Å²) in [5.41, 5.74) is 1.29. The fourth-order valence-electron chi connectivity index (χ4n) is 2.54. The van der Waals surface area contributed by atoms with Gasteiger partial charge in [0.25, 0.3) is 5.91 Å². The topological polar surface area (TPSA) is 66.0 Å². The van der Waals surface area contributed by atoms with E-state index < -0.39 is 0 Å². The third kappa shape index (κ3) is 3.22. The van der Waals surface area contributed by atoms with Crippen LogP contribution in [0.15, 0.2) is 36.4 Å². The lowest BCUT2D eigenvalue weighted by Gasteiger charge is -2.19. The molecule has 0 saturated carbocycles. The maximum Gasteiger partial charge on any atom is 0.259 e. The third-order valence-corrected chi connectivity index (χ3v) is 3.71. The van der Waals surface area contributed by atoms with Crippen molar-refractivity contribution in [3.8, 4) is 23.0 Å². The standard InChI is InChI=1S/C18H19NO5/c1-21-14-4-3-5-15(22-2)17(14)18(20)19-11-12-6-7-13-16(10-12)24-9-8-23-13/h3-7,10H,8-9,11H2,1-2H3,(H,19,20). The van der Waals surface area contributed by atoms with Gasteiger partial charge in [-0.1, -0.05) is 12.1 Å². The van der Waals surface area contributed by atoms with E-state index in [1.165, 1.54) is 14.2 Å². The molecule has 0 unspecified atom stereocenters. The number of carbonyl (C=O) groups excluding carboxylic acids is 1. The van der Waals surface area contributed by atoms with Crippen LogP contribution in [0.3, 0.4) is 0 Å². The molecule has 1 heterocycles. The highest BCUT2D eigenvalue weighted by molar-refractivity contribution is 5.99. The minimum absolute atomic E-state index is 0.265. The quantitative estimate of drug-likeness (QED) is 0.912. The van der Waals surface area contributed by atoms with Crippen molar-refractivity contribution < 1.29 is 23.7 Å². The molecule has 3 rings (SSSR count). The van der Waals surface area contributed by atoms with Gasteiger partial charge in [0.15, 0.2) is 11.5 Å². The summed E-state index contributed by atoms with van der Waals surface area (Å²) in [6.07, 6.45) is 0. The maximum absolute atomic E-state index is 12.5. The molecular formula is C18H19NO5. The SMILES string of the molecule is COc1cccc(OC)c1C(=O)NCc1ccc2c(c1)OCCO2. The first-order valence-electron chi connectivity index (χ1n) is 7.60. The lowest BCUT2D eigenvalue weighted by atomic mass is 10.1. The maximum atomic E-state index is 12.5. The van der Waals surface area contributed by atoms with Crippen LogP contribution in [0, 0.1) is 0 Å². The van der Waals surface area contributed by atoms with E-state index in [1.807, 2.05) is 18.2 Å². The Morgan fingerprint density at radius 3 is 2.38 bits per heavy atom. The van der Waals surface area contributed by atoms with Crippen molar-refractivity contribution in [2.45, 2.75) is 6.54 Å². The summed E-state index contributed by atoms with van der Waals surface area (Å²) < 4.78 is 21.6. The average Bonchev–Trinajstić information content (AvgIpc) is 2.65. The lowest BCUT2D eigenvalue weighted by Crippen LogP contribution is -2.24. The van der Waals surface area contributed by atoms with E-state index in [2.05, 4.69) is 5.32 Å². The van der Waals surface area contributed by atoms with Crippen molar-refractivity contribution in [3.63, 3.8) is 0 Å². The van der Waals surface area contributed by atoms with Gasteiger partial charge < -0.3 is 24.3 Å². The van der Waals surface area contributed by atoms with Crippen LogP contribution in [-0.2, 0) is 6.54 Å². The molecule has 24 heavy (non-hydrogen) atoms. The largest absolute Gasteiger partial charge is 0.496 e. The number of hydrogen-bond donors (Lipinski definition) is 1. The Kier molecular flexibility index (Phi) is 4.74. The molecule has 0 fully saturated rings. The van der Waals surface area contributed by atoms with Gasteiger partial charge in [-0.15, -0.1) is 0 Å². The van der Waals surface area contributed by atoms with Gasteiger partial charge in [-0.2, -0.15) is 0 Å². The molecule has 1 N–H and O–H groups in total. The van der Waals surface area contributed by atoms with Gasteiger partial charge in [-0.05, 0) is 29.8 Å². The average molecular weight is 329 g/mol. The number of amides is 1. The fraction of sp³-hybridized carbons (Fsp3) is 0.278. The number of methoxy groups -OCH3 is 2. The van der Waals surface area contributed by atoms with Crippen molar-refractivity contribution >= 4 is 5.91 Å². The minimum Gasteiger partial charge on any atom is -0.496 e. The van der Waals surface area contributed by atoms with E-state index in [4.69, 9.17) is 18.9 Å². The molecule has 6 heteroatoms. The van der Waals surface area contributed by atoms with Gasteiger partial charge >= 0.3 is 0 Å². The zero-order valence-corrected chi connectivity index (χ0v) is 13.6. The predicted octanol–water partition coefficient (Wildman–Crippen LogP) is 2.41. The predicted molar refractivity (Wildman–Crippen MR) is 88.1 cm³/mol. The first-order valence-corrected chi connectivity index (χ1v) is 7.60. The first kappa shape index (κ1) is 16.0. The van der Waals surface area contributed by atoms with Gasteiger partial charge in [0.05, 0.1) is 14.2 Å². The van der Waals surface area contributed by atoms with E-state index >= 15 is 0 Å². The van der Waals surface area contributed by atoms with E-state index in [0.717, 1.165) is 11.3 Å². The molecule has 0 aromatic heterocycles. The highest BCUT2D eigenvalue weighted by atomic mass is 16.6. The van der Waals surface area contributed by atoms with E-state index in [1.54, 1.807) is 18.2 Å². The molecule has 0 radical (unpaired) electrons. The molecule has 1 aliphatic heterocycles. The second kappa shape index (κ2) is 7.12. The van der Waals surface area contributed by atoms with E-state index in [0.29, 0.717) is 42.6 Å². The zero-order valence-electron chi connectivity index (χ0n) is 13.6. The van der Waals surface area contributed by atoms with Crippen LogP contribution in [0.4, 0.5) is 0 Å². The van der Waals surface area contributed by atoms with Crippen molar-refractivity contribution in [2.24, 2.45) is 0 Å². The van der Waals surface area contributed by atoms with Crippen molar-refractivity contribution in [1.29, 1.82) is 0 Å². The summed E-state index contributed by atoms with van der Waals surface area (Å²) in [4.78, 5) is 12.5. The molecule has 6 nitrogen and oxygen atoms in total. The Bertz CT molecular complexity index is 722. The van der Waals surface area contributed by atoms with Crippen LogP contribution in [0.25, 0.3) is 0 Å². The van der Waals surface area contributed by atoms with Crippen LogP contribution >= 0.6 is 0 Å². The lowest BCUT2D eigenvalue weighted by molar-refractivity contribution is 0.0944. The Labute approximate surface area is 140 Å². The van der Waals surface area contributed by atoms with E-state index in [-0.39, 0.29) is 5.91 Å². The molecular weight excluding hydrogens is 310 g/mol. The van der Waals surface area contributed by atoms with Gasteiger partial charge in [-0.25, -0.2) is 0 Å². The summed E-state index contributed by atoms with van der Waals surface area (Å²) in [6, 6.07) is 10.8. The number of benzene rings is 2. The van der Waals surface area contributed by atoms with Crippen LogP contribution in [0.2, 0.25) is 0 Å². The second-order valence-electron chi connectivity index (χ2n) is 5.20. The molecule has 1 aliphatic rings. The third-order valence-electron chi connectivity index (χ3n) is 3.71. The molecule has 0 aliphatic carbocycles. The number of fused-ring (bicyclic) bond motifs is 1. The highest BCUT2D eigenvalue weighted by Crippen LogP contribution is 2.31. The van der Waals surface area contributed by atoms with Gasteiger partial charge in [0, 0.05) is 6.54 Å². The van der Waals surface area contributed by atoms with Gasteiger partial charge in [-0.3, -0.25) is 4.79 Å². The van der Waals surface area contributed by atoms with Gasteiger partial charge in [0.1, 0.15) is 30.3 Å². The van der Waals surface area contributed by atoms with E-state index in [9.17, 15) is 4.79 Å². The number of hydrogen-bond acceptors (Lipinski definition) is 5. The highest BCUT2D eigenvalue weighted by Gasteiger charge is 2.18. The van der Waals surface area contributed by atoms with Crippen LogP contribution < -0.4 is 24.3 Å². The normalized spacial score (nSPS) is 12.4. The fourth-order valence-corrected chi connectivity index (χ4v) is 2.54. The molecule has 0 saturated heterocycles. The Morgan fingerprint density at radius 2 is 1.71 bits per heavy atom. The number of nitrogens with one attached hydrogen (secondary N) is 1. The molecule has 0 atom stereocenters. The van der Waals surface area contributed by atoms with Crippen molar-refractivity contribution in [1.82, 2.24) is 5.32 Å². The number of ether oxygens (including phenoxy) is 4. The van der Waals surface area contributed by atoms with Crippen LogP contribution in [0.1, 0.15) is 15.9 Å². The molecule has 0 spiro atoms. The molecule has 2 aromatic carbocycles. The van der Waals surface area contributed by atoms with Crippen molar-refractivity contribution in [3.05, 3.63) is 47.5 Å². The first-order chi connectivity index (χ1) is 11.7. The summed E-state index contributed by atoms with van der Waals surface area (Å²) in [7, 11) is 3.04. The summed E-state index contributed by atoms with van der Waals surface area (Å²) in [6.45, 7) is 1.44. The molecule has 2 aromatic rings. The Balaban J connectivity index is 1.74. The summed E-state index contributed by atoms with van der Waals surface area (Å²) in [5, 5.41) is 2.88. The number of carbonyl (C=O) groups is 1. The number of rotatable bonds is 5. The smallest absolute Gasteiger partial charge is 0.259 e. The van der Waals surface area contributed by atoms with Gasteiger partial charge in [0.2, 0.25) is 0 Å². The Hall–Kier alpha value is -2.89. The monoisotopic (exact) mass is 329 g/mol. The molecule has 0 bridgehead atoms. The summed E-state index contributed by atoms with van der Waals surface area (Å²) >= 11 is 0. The van der Waals surface area contributed by atoms with Crippen LogP contribution in [-0.4, -0.2) is 33.3 Å². The summed E-state index contributed by atoms with van der Waals surface area (Å²) in [5.74, 6) is 2.09. The van der Waals surface area contributed by atoms with Crippen LogP contribution in [0.5, 0.6) is 23.0 Å². The minimum atomic E-state index is -0.265. The molecule has 126 valence electrons. The molecule has 1 amide bonds. The Morgan fingerprint density at radius 1 is 1.04 bits per heavy atom.